The third-order valence-electron chi connectivity index (χ3n) is 8.84. The highest BCUT2D eigenvalue weighted by Gasteiger charge is 2.61. The van der Waals surface area contributed by atoms with Crippen molar-refractivity contribution in [3.63, 3.8) is 0 Å². The van der Waals surface area contributed by atoms with Gasteiger partial charge in [-0.15, -0.1) is 0 Å². The summed E-state index contributed by atoms with van der Waals surface area (Å²) in [6, 6.07) is 0. The number of aliphatic hydroxyl groups excluding tert-OH is 5. The van der Waals surface area contributed by atoms with Gasteiger partial charge < -0.3 is 54.0 Å². The van der Waals surface area contributed by atoms with Crippen molar-refractivity contribution in [1.82, 2.24) is 0 Å². The van der Waals surface area contributed by atoms with Crippen LogP contribution in [0.5, 0.6) is 0 Å². The SMILES string of the molecule is CCCCCCCCCCCC(=O)O[C@H]1[C@H](O)[C@@H](CO)O[C@@]1(CO)O[C@H]1O[C@H](CO)[C@@H](OC(=O)CC(C)C)[C@H](OC(=O)C(C)CC)[C@H]1O. The van der Waals surface area contributed by atoms with Crippen LogP contribution in [0.3, 0.4) is 0 Å². The number of hydrogen-bond acceptors (Lipinski definition) is 14. The maximum atomic E-state index is 12.9. The fourth-order valence-corrected chi connectivity index (χ4v) is 5.75. The topological polar surface area (TPSA) is 208 Å². The van der Waals surface area contributed by atoms with Crippen molar-refractivity contribution < 1.29 is 68.3 Å². The number of carbonyl (C=O) groups is 3. The molecule has 2 heterocycles. The average Bonchev–Trinajstić information content (AvgIpc) is 3.32. The van der Waals surface area contributed by atoms with E-state index in [1.165, 1.54) is 25.7 Å². The van der Waals surface area contributed by atoms with E-state index in [4.69, 9.17) is 28.4 Å². The Bertz CT molecular complexity index is 962. The van der Waals surface area contributed by atoms with Crippen LogP contribution in [0.15, 0.2) is 0 Å². The Balaban J connectivity index is 2.22. The van der Waals surface area contributed by atoms with Crippen molar-refractivity contribution in [2.24, 2.45) is 11.8 Å². The van der Waals surface area contributed by atoms with Crippen molar-refractivity contribution in [1.29, 1.82) is 0 Å². The number of aliphatic hydroxyl groups is 5. The summed E-state index contributed by atoms with van der Waals surface area (Å²) in [7, 11) is 0. The van der Waals surface area contributed by atoms with Crippen molar-refractivity contribution in [3.8, 4) is 0 Å². The average molecular weight is 693 g/mol. The molecule has 2 aliphatic rings. The van der Waals surface area contributed by atoms with Crippen molar-refractivity contribution >= 4 is 17.9 Å². The van der Waals surface area contributed by atoms with Gasteiger partial charge in [0.2, 0.25) is 5.79 Å². The van der Waals surface area contributed by atoms with Crippen LogP contribution in [0.2, 0.25) is 0 Å². The molecule has 2 rings (SSSR count). The van der Waals surface area contributed by atoms with Gasteiger partial charge in [-0.25, -0.2) is 0 Å². The summed E-state index contributed by atoms with van der Waals surface area (Å²) >= 11 is 0. The van der Waals surface area contributed by atoms with Crippen LogP contribution in [0.4, 0.5) is 0 Å². The van der Waals surface area contributed by atoms with Crippen LogP contribution < -0.4 is 0 Å². The lowest BCUT2D eigenvalue weighted by atomic mass is 9.97. The van der Waals surface area contributed by atoms with Gasteiger partial charge in [0, 0.05) is 12.8 Å². The third-order valence-corrected chi connectivity index (χ3v) is 8.84. The highest BCUT2D eigenvalue weighted by molar-refractivity contribution is 5.72. The van der Waals surface area contributed by atoms with Gasteiger partial charge in [-0.3, -0.25) is 14.4 Å². The van der Waals surface area contributed by atoms with E-state index in [1.807, 2.05) is 0 Å². The molecule has 48 heavy (non-hydrogen) atoms. The zero-order valence-electron chi connectivity index (χ0n) is 29.3. The van der Waals surface area contributed by atoms with E-state index in [0.717, 1.165) is 25.7 Å². The molecular formula is C34H60O14. The molecule has 14 nitrogen and oxygen atoms in total. The Hall–Kier alpha value is -1.91. The van der Waals surface area contributed by atoms with E-state index in [-0.39, 0.29) is 18.8 Å². The largest absolute Gasteiger partial charge is 0.455 e. The molecule has 2 fully saturated rings. The summed E-state index contributed by atoms with van der Waals surface area (Å²) in [6.07, 6.45) is -2.92. The zero-order chi connectivity index (χ0) is 35.9. The molecule has 2 aliphatic heterocycles. The van der Waals surface area contributed by atoms with Gasteiger partial charge >= 0.3 is 17.9 Å². The Morgan fingerprint density at radius 1 is 0.750 bits per heavy atom. The number of ether oxygens (including phenoxy) is 6. The first-order valence-electron chi connectivity index (χ1n) is 17.7. The molecule has 0 spiro atoms. The molecule has 0 saturated carbocycles. The monoisotopic (exact) mass is 692 g/mol. The normalized spacial score (nSPS) is 31.1. The Morgan fingerprint density at radius 2 is 1.35 bits per heavy atom. The molecule has 1 unspecified atom stereocenters. The first-order chi connectivity index (χ1) is 22.9. The molecule has 0 aliphatic carbocycles. The van der Waals surface area contributed by atoms with E-state index >= 15 is 0 Å². The molecule has 14 heteroatoms. The van der Waals surface area contributed by atoms with Crippen molar-refractivity contribution in [2.75, 3.05) is 19.8 Å². The maximum Gasteiger partial charge on any atom is 0.309 e. The van der Waals surface area contributed by atoms with Gasteiger partial charge in [0.25, 0.3) is 0 Å². The summed E-state index contributed by atoms with van der Waals surface area (Å²) in [4.78, 5) is 38.4. The molecular weight excluding hydrogens is 632 g/mol. The minimum absolute atomic E-state index is 0.00466. The lowest BCUT2D eigenvalue weighted by Crippen LogP contribution is -2.64. The summed E-state index contributed by atoms with van der Waals surface area (Å²) in [6.45, 7) is 6.64. The Morgan fingerprint density at radius 3 is 1.90 bits per heavy atom. The molecule has 0 aromatic heterocycles. The molecule has 280 valence electrons. The number of carbonyl (C=O) groups excluding carboxylic acids is 3. The van der Waals surface area contributed by atoms with Gasteiger partial charge in [0.1, 0.15) is 31.0 Å². The predicted octanol–water partition coefficient (Wildman–Crippen LogP) is 2.27. The molecule has 0 aromatic rings. The lowest BCUT2D eigenvalue weighted by molar-refractivity contribution is -0.384. The summed E-state index contributed by atoms with van der Waals surface area (Å²) in [5.74, 6) is -5.08. The molecule has 0 radical (unpaired) electrons. The molecule has 0 bridgehead atoms. The van der Waals surface area contributed by atoms with Crippen LogP contribution in [0.25, 0.3) is 0 Å². The van der Waals surface area contributed by atoms with Crippen LogP contribution in [0.1, 0.15) is 112 Å². The first-order valence-corrected chi connectivity index (χ1v) is 17.7. The zero-order valence-corrected chi connectivity index (χ0v) is 29.3. The minimum Gasteiger partial charge on any atom is -0.455 e. The van der Waals surface area contributed by atoms with Crippen LogP contribution >= 0.6 is 0 Å². The highest BCUT2D eigenvalue weighted by Crippen LogP contribution is 2.39. The van der Waals surface area contributed by atoms with E-state index in [1.54, 1.807) is 27.7 Å². The van der Waals surface area contributed by atoms with Gasteiger partial charge in [0.15, 0.2) is 24.6 Å². The molecule has 2 saturated heterocycles. The van der Waals surface area contributed by atoms with Gasteiger partial charge in [-0.1, -0.05) is 86.0 Å². The standard InChI is InChI=1S/C34H60O14/c1-6-8-9-10-11-12-13-14-15-16-25(38)45-31-27(40)23(18-35)47-34(31,20-37)48-33-28(41)30(46-32(42)22(5)7-2)29(24(19-36)43-33)44-26(39)17-21(3)4/h21-24,27-31,33,35-37,40-41H,6-20H2,1-5H3/t22?,23-,24-,27-,28-,29-,30-,31+,33-,34+/m1/s1. The quantitative estimate of drug-likeness (QED) is 0.0627. The number of rotatable bonds is 22. The Kier molecular flexibility index (Phi) is 18.8. The van der Waals surface area contributed by atoms with Crippen molar-refractivity contribution in [2.45, 2.75) is 166 Å². The Labute approximate surface area is 284 Å². The minimum atomic E-state index is -2.33. The molecule has 0 aromatic carbocycles. The van der Waals surface area contributed by atoms with Gasteiger partial charge in [-0.2, -0.15) is 0 Å². The highest BCUT2D eigenvalue weighted by atomic mass is 16.8. The fraction of sp³-hybridized carbons (Fsp3) is 0.912. The molecule has 5 N–H and O–H groups in total. The fourth-order valence-electron chi connectivity index (χ4n) is 5.75. The van der Waals surface area contributed by atoms with Crippen LogP contribution in [0, 0.1) is 11.8 Å². The van der Waals surface area contributed by atoms with Crippen molar-refractivity contribution in [3.05, 3.63) is 0 Å². The summed E-state index contributed by atoms with van der Waals surface area (Å²) in [5.41, 5.74) is 0. The van der Waals surface area contributed by atoms with Gasteiger partial charge in [0.05, 0.1) is 19.1 Å². The molecule has 0 amide bonds. The lowest BCUT2D eigenvalue weighted by Gasteiger charge is -2.45. The van der Waals surface area contributed by atoms with E-state index in [0.29, 0.717) is 12.8 Å². The number of esters is 3. The van der Waals surface area contributed by atoms with E-state index in [9.17, 15) is 39.9 Å². The van der Waals surface area contributed by atoms with E-state index in [2.05, 4.69) is 6.92 Å². The van der Waals surface area contributed by atoms with Crippen LogP contribution in [-0.2, 0) is 42.8 Å². The molecule has 10 atom stereocenters. The summed E-state index contributed by atoms with van der Waals surface area (Å²) < 4.78 is 34.1. The van der Waals surface area contributed by atoms with E-state index < -0.39 is 98.5 Å². The smallest absolute Gasteiger partial charge is 0.309 e. The second-order valence-corrected chi connectivity index (χ2v) is 13.4. The number of unbranched alkanes of at least 4 members (excludes halogenated alkanes) is 8. The van der Waals surface area contributed by atoms with Gasteiger partial charge in [-0.05, 0) is 18.8 Å². The second kappa shape index (κ2) is 21.3. The van der Waals surface area contributed by atoms with Crippen LogP contribution in [-0.4, -0.2) is 118 Å². The first kappa shape index (κ1) is 42.3. The second-order valence-electron chi connectivity index (χ2n) is 13.4. The predicted molar refractivity (Wildman–Crippen MR) is 171 cm³/mol. The maximum absolute atomic E-state index is 12.9. The number of hydrogen-bond donors (Lipinski definition) is 5. The third kappa shape index (κ3) is 12.1. The summed E-state index contributed by atoms with van der Waals surface area (Å²) in [5, 5.41) is 53.0.